The Bertz CT molecular complexity index is 271. The summed E-state index contributed by atoms with van der Waals surface area (Å²) in [6, 6.07) is 1.49. The third-order valence-electron chi connectivity index (χ3n) is 0.961. The number of nitrogen functional groups attached to an aromatic ring is 1. The SMILES string of the molecule is Nc1sc(Br)cc1C(=O)O. The second kappa shape index (κ2) is 2.59. The first kappa shape index (κ1) is 7.56. The average Bonchev–Trinajstić information content (AvgIpc) is 2.10. The van der Waals surface area contributed by atoms with Gasteiger partial charge in [-0.25, -0.2) is 4.79 Å². The first-order valence-corrected chi connectivity index (χ1v) is 4.00. The van der Waals surface area contributed by atoms with Gasteiger partial charge in [0.2, 0.25) is 0 Å². The number of thiophene rings is 1. The molecular formula is C5H4BrNO2S. The maximum Gasteiger partial charge on any atom is 0.338 e. The van der Waals surface area contributed by atoms with Crippen molar-refractivity contribution < 1.29 is 9.90 Å². The van der Waals surface area contributed by atoms with Gasteiger partial charge in [0, 0.05) is 0 Å². The Kier molecular flexibility index (Phi) is 1.96. The van der Waals surface area contributed by atoms with Crippen LogP contribution in [0.2, 0.25) is 0 Å². The van der Waals surface area contributed by atoms with Crippen molar-refractivity contribution in [2.75, 3.05) is 5.73 Å². The van der Waals surface area contributed by atoms with Crippen LogP contribution in [0.3, 0.4) is 0 Å². The Hall–Kier alpha value is -0.550. The molecule has 1 heterocycles. The van der Waals surface area contributed by atoms with Gasteiger partial charge >= 0.3 is 5.97 Å². The van der Waals surface area contributed by atoms with Gasteiger partial charge in [0.05, 0.1) is 9.35 Å². The first-order chi connectivity index (χ1) is 4.61. The lowest BCUT2D eigenvalue weighted by atomic mass is 10.3. The molecule has 5 heteroatoms. The van der Waals surface area contributed by atoms with Crippen LogP contribution in [0.4, 0.5) is 5.00 Å². The molecule has 1 aromatic rings. The highest BCUT2D eigenvalue weighted by molar-refractivity contribution is 9.11. The molecule has 0 fully saturated rings. The van der Waals surface area contributed by atoms with Crippen LogP contribution in [0.15, 0.2) is 9.85 Å². The summed E-state index contributed by atoms with van der Waals surface area (Å²) in [4.78, 5) is 10.3. The van der Waals surface area contributed by atoms with Gasteiger partial charge < -0.3 is 10.8 Å². The van der Waals surface area contributed by atoms with E-state index in [1.54, 1.807) is 0 Å². The van der Waals surface area contributed by atoms with Crippen LogP contribution in [-0.4, -0.2) is 11.1 Å². The molecule has 0 radical (unpaired) electrons. The van der Waals surface area contributed by atoms with Gasteiger partial charge in [0.15, 0.2) is 0 Å². The Morgan fingerprint density at radius 2 is 2.40 bits per heavy atom. The number of halogens is 1. The lowest BCUT2D eigenvalue weighted by Crippen LogP contribution is -1.97. The molecule has 0 saturated carbocycles. The molecule has 0 aliphatic rings. The summed E-state index contributed by atoms with van der Waals surface area (Å²) < 4.78 is 0.738. The molecule has 0 aromatic carbocycles. The Balaban J connectivity index is 3.15. The maximum atomic E-state index is 10.3. The van der Waals surface area contributed by atoms with Crippen molar-refractivity contribution in [3.05, 3.63) is 15.4 Å². The first-order valence-electron chi connectivity index (χ1n) is 2.39. The Labute approximate surface area is 69.6 Å². The maximum absolute atomic E-state index is 10.3. The summed E-state index contributed by atoms with van der Waals surface area (Å²) in [5, 5.41) is 8.82. The molecule has 0 aliphatic carbocycles. The molecule has 0 bridgehead atoms. The summed E-state index contributed by atoms with van der Waals surface area (Å²) in [7, 11) is 0. The predicted octanol–water partition coefficient (Wildman–Crippen LogP) is 1.79. The van der Waals surface area contributed by atoms with Crippen LogP contribution >= 0.6 is 27.3 Å². The number of aromatic carboxylic acids is 1. The third kappa shape index (κ3) is 1.30. The van der Waals surface area contributed by atoms with Crippen molar-refractivity contribution in [3.8, 4) is 0 Å². The molecule has 0 atom stereocenters. The molecule has 54 valence electrons. The van der Waals surface area contributed by atoms with E-state index in [4.69, 9.17) is 10.8 Å². The van der Waals surface area contributed by atoms with E-state index < -0.39 is 5.97 Å². The molecule has 3 N–H and O–H groups in total. The standard InChI is InChI=1S/C5H4BrNO2S/c6-3-1-2(5(8)9)4(7)10-3/h1H,7H2,(H,8,9). The van der Waals surface area contributed by atoms with Crippen LogP contribution in [-0.2, 0) is 0 Å². The Morgan fingerprint density at radius 1 is 1.80 bits per heavy atom. The van der Waals surface area contributed by atoms with E-state index in [2.05, 4.69) is 15.9 Å². The normalized spacial score (nSPS) is 9.70. The monoisotopic (exact) mass is 221 g/mol. The summed E-state index contributed by atoms with van der Waals surface area (Å²) >= 11 is 4.34. The number of nitrogens with two attached hydrogens (primary N) is 1. The lowest BCUT2D eigenvalue weighted by Gasteiger charge is -1.86. The van der Waals surface area contributed by atoms with Crippen molar-refractivity contribution in [1.29, 1.82) is 0 Å². The highest BCUT2D eigenvalue weighted by atomic mass is 79.9. The number of hydrogen-bond donors (Lipinski definition) is 2. The fourth-order valence-electron chi connectivity index (χ4n) is 0.541. The van der Waals surface area contributed by atoms with Crippen molar-refractivity contribution in [2.24, 2.45) is 0 Å². The minimum Gasteiger partial charge on any atom is -0.478 e. The van der Waals surface area contributed by atoms with Crippen LogP contribution in [0, 0.1) is 0 Å². The van der Waals surface area contributed by atoms with Gasteiger partial charge in [-0.3, -0.25) is 0 Å². The smallest absolute Gasteiger partial charge is 0.338 e. The molecule has 3 nitrogen and oxygen atoms in total. The minimum absolute atomic E-state index is 0.164. The zero-order valence-corrected chi connectivity index (χ0v) is 7.20. The minimum atomic E-state index is -0.987. The summed E-state index contributed by atoms with van der Waals surface area (Å²) in [5.74, 6) is -0.987. The summed E-state index contributed by atoms with van der Waals surface area (Å²) in [5.41, 5.74) is 5.51. The van der Waals surface area contributed by atoms with Gasteiger partial charge in [0.1, 0.15) is 5.00 Å². The van der Waals surface area contributed by atoms with E-state index in [9.17, 15) is 4.79 Å². The van der Waals surface area contributed by atoms with E-state index >= 15 is 0 Å². The van der Waals surface area contributed by atoms with E-state index in [1.807, 2.05) is 0 Å². The number of hydrogen-bond acceptors (Lipinski definition) is 3. The molecule has 0 unspecified atom stereocenters. The number of carboxylic acids is 1. The zero-order chi connectivity index (χ0) is 7.72. The molecule has 1 aromatic heterocycles. The Morgan fingerprint density at radius 3 is 2.60 bits per heavy atom. The fraction of sp³-hybridized carbons (Fsp3) is 0. The van der Waals surface area contributed by atoms with E-state index in [-0.39, 0.29) is 5.56 Å². The number of rotatable bonds is 1. The summed E-state index contributed by atoms with van der Waals surface area (Å²) in [6.07, 6.45) is 0. The van der Waals surface area contributed by atoms with Crippen LogP contribution in [0.25, 0.3) is 0 Å². The largest absolute Gasteiger partial charge is 0.478 e. The highest BCUT2D eigenvalue weighted by Crippen LogP contribution is 2.28. The van der Waals surface area contributed by atoms with Crippen molar-refractivity contribution in [3.63, 3.8) is 0 Å². The molecular weight excluding hydrogens is 218 g/mol. The molecule has 0 spiro atoms. The molecule has 1 rings (SSSR count). The fourth-order valence-corrected chi connectivity index (χ4v) is 1.94. The molecule has 0 amide bonds. The molecule has 10 heavy (non-hydrogen) atoms. The second-order valence-electron chi connectivity index (χ2n) is 1.63. The van der Waals surface area contributed by atoms with E-state index in [0.29, 0.717) is 5.00 Å². The highest BCUT2D eigenvalue weighted by Gasteiger charge is 2.10. The van der Waals surface area contributed by atoms with Crippen molar-refractivity contribution in [1.82, 2.24) is 0 Å². The quantitative estimate of drug-likeness (QED) is 0.761. The molecule has 0 aliphatic heterocycles. The van der Waals surface area contributed by atoms with Gasteiger partial charge in [0.25, 0.3) is 0 Å². The van der Waals surface area contributed by atoms with Gasteiger partial charge in [-0.05, 0) is 22.0 Å². The third-order valence-corrected chi connectivity index (χ3v) is 2.43. The lowest BCUT2D eigenvalue weighted by molar-refractivity contribution is 0.0698. The summed E-state index contributed by atoms with van der Waals surface area (Å²) in [6.45, 7) is 0. The topological polar surface area (TPSA) is 63.3 Å². The van der Waals surface area contributed by atoms with Crippen molar-refractivity contribution in [2.45, 2.75) is 0 Å². The van der Waals surface area contributed by atoms with Crippen LogP contribution in [0.1, 0.15) is 10.4 Å². The van der Waals surface area contributed by atoms with Gasteiger partial charge in [-0.1, -0.05) is 0 Å². The molecule has 0 saturated heterocycles. The number of carboxylic acid groups (broad SMARTS) is 1. The zero-order valence-electron chi connectivity index (χ0n) is 4.80. The number of carbonyl (C=O) groups is 1. The van der Waals surface area contributed by atoms with Crippen LogP contribution in [0.5, 0.6) is 0 Å². The van der Waals surface area contributed by atoms with Crippen molar-refractivity contribution >= 4 is 38.2 Å². The average molecular weight is 222 g/mol. The van der Waals surface area contributed by atoms with Gasteiger partial charge in [-0.2, -0.15) is 0 Å². The van der Waals surface area contributed by atoms with E-state index in [1.165, 1.54) is 17.4 Å². The van der Waals surface area contributed by atoms with Gasteiger partial charge in [-0.15, -0.1) is 11.3 Å². The van der Waals surface area contributed by atoms with Crippen LogP contribution < -0.4 is 5.73 Å². The second-order valence-corrected chi connectivity index (χ2v) is 4.10. The predicted molar refractivity (Wildman–Crippen MR) is 43.4 cm³/mol. The van der Waals surface area contributed by atoms with E-state index in [0.717, 1.165) is 3.79 Å². The number of anilines is 1.